The summed E-state index contributed by atoms with van der Waals surface area (Å²) in [6.45, 7) is 2.09. The van der Waals surface area contributed by atoms with E-state index in [1.807, 2.05) is 12.1 Å². The number of unbranched alkanes of at least 4 members (excludes halogenated alkanes) is 1. The Balaban J connectivity index is 0. The summed E-state index contributed by atoms with van der Waals surface area (Å²) in [4.78, 5) is 11.4. The van der Waals surface area contributed by atoms with E-state index in [1.165, 1.54) is 0 Å². The largest absolute Gasteiger partial charge is 0.358 e. The van der Waals surface area contributed by atoms with Gasteiger partial charge < -0.3 is 12.2 Å². The average Bonchev–Trinajstić information content (AvgIpc) is 2.15. The molecule has 2 heteroatoms. The zero-order valence-electron chi connectivity index (χ0n) is 8.92. The van der Waals surface area contributed by atoms with E-state index < -0.39 is 0 Å². The molecule has 1 aromatic rings. The van der Waals surface area contributed by atoms with Gasteiger partial charge in [-0.15, -0.1) is 0 Å². The van der Waals surface area contributed by atoms with E-state index in [4.69, 9.17) is 0 Å². The van der Waals surface area contributed by atoms with Crippen molar-refractivity contribution in [2.24, 2.45) is 0 Å². The Morgan fingerprint density at radius 3 is 2.71 bits per heavy atom. The topological polar surface area (TPSA) is 17.1 Å². The fourth-order valence-electron chi connectivity index (χ4n) is 1.05. The van der Waals surface area contributed by atoms with E-state index >= 15 is 0 Å². The number of rotatable bonds is 4. The van der Waals surface area contributed by atoms with Crippen LogP contribution in [0.5, 0.6) is 0 Å². The van der Waals surface area contributed by atoms with Crippen molar-refractivity contribution in [1.82, 2.24) is 0 Å². The van der Waals surface area contributed by atoms with Gasteiger partial charge in [0.05, 0.1) is 0 Å². The van der Waals surface area contributed by atoms with E-state index in [1.54, 1.807) is 12.1 Å². The monoisotopic (exact) mass is 265 g/mol. The summed E-state index contributed by atoms with van der Waals surface area (Å²) in [5.74, 6) is 0.230. The molecule has 0 fully saturated rings. The van der Waals surface area contributed by atoms with Crippen molar-refractivity contribution < 1.29 is 37.5 Å². The van der Waals surface area contributed by atoms with Crippen LogP contribution in [0, 0.1) is 13.5 Å². The Morgan fingerprint density at radius 2 is 2.21 bits per heavy atom. The van der Waals surface area contributed by atoms with Crippen molar-refractivity contribution in [3.05, 3.63) is 43.3 Å². The fraction of sp³-hybridized carbons (Fsp3) is 0.333. The molecule has 0 amide bonds. The predicted molar refractivity (Wildman–Crippen MR) is 55.5 cm³/mol. The molecule has 0 saturated carbocycles. The summed E-state index contributed by atoms with van der Waals surface area (Å²) in [5.41, 5.74) is 0.783. The van der Waals surface area contributed by atoms with Crippen molar-refractivity contribution in [1.29, 1.82) is 0 Å². The SMILES string of the molecule is CCCCC(=O)c1c[c-]ccc1.[CH3-].[Y]. The molecule has 0 aliphatic rings. The molecule has 0 N–H and O–H groups in total. The summed E-state index contributed by atoms with van der Waals surface area (Å²) in [6.07, 6.45) is 2.71. The van der Waals surface area contributed by atoms with Gasteiger partial charge in [-0.2, -0.15) is 30.3 Å². The first-order valence-corrected chi connectivity index (χ1v) is 4.34. The Bertz CT molecular complexity index is 244. The van der Waals surface area contributed by atoms with Crippen LogP contribution in [0.25, 0.3) is 0 Å². The van der Waals surface area contributed by atoms with Crippen molar-refractivity contribution in [3.63, 3.8) is 0 Å². The van der Waals surface area contributed by atoms with E-state index in [2.05, 4.69) is 13.0 Å². The minimum Gasteiger partial charge on any atom is -0.358 e. The van der Waals surface area contributed by atoms with Crippen molar-refractivity contribution in [2.75, 3.05) is 0 Å². The van der Waals surface area contributed by atoms with Crippen LogP contribution < -0.4 is 0 Å². The molecule has 0 aliphatic heterocycles. The van der Waals surface area contributed by atoms with Gasteiger partial charge in [-0.3, -0.25) is 0 Å². The Morgan fingerprint density at radius 1 is 1.50 bits per heavy atom. The molecule has 0 atom stereocenters. The fourth-order valence-corrected chi connectivity index (χ4v) is 1.05. The minimum absolute atomic E-state index is 0. The van der Waals surface area contributed by atoms with E-state index in [0.29, 0.717) is 6.42 Å². The second kappa shape index (κ2) is 9.55. The van der Waals surface area contributed by atoms with Gasteiger partial charge in [-0.05, 0) is 12.8 Å². The summed E-state index contributed by atoms with van der Waals surface area (Å²) in [6, 6.07) is 10.1. The molecule has 0 aromatic heterocycles. The molecule has 75 valence electrons. The number of ketones is 1. The Hall–Kier alpha value is -0.00610. The van der Waals surface area contributed by atoms with E-state index in [-0.39, 0.29) is 45.9 Å². The first-order chi connectivity index (χ1) is 5.84. The second-order valence-electron chi connectivity index (χ2n) is 2.82. The third kappa shape index (κ3) is 5.67. The molecule has 14 heavy (non-hydrogen) atoms. The first kappa shape index (κ1) is 16.4. The normalized spacial score (nSPS) is 8.36. The van der Waals surface area contributed by atoms with Crippen LogP contribution in [0.3, 0.4) is 0 Å². The summed E-state index contributed by atoms with van der Waals surface area (Å²) in [7, 11) is 0. The van der Waals surface area contributed by atoms with Crippen LogP contribution in [-0.4, -0.2) is 5.78 Å². The van der Waals surface area contributed by atoms with E-state index in [9.17, 15) is 4.79 Å². The number of carbonyl (C=O) groups is 1. The van der Waals surface area contributed by atoms with Gasteiger partial charge >= 0.3 is 0 Å². The Labute approximate surface area is 112 Å². The molecular formula is C12H16OY-2. The van der Waals surface area contributed by atoms with Gasteiger partial charge in [0.2, 0.25) is 0 Å². The maximum Gasteiger partial charge on any atom is 0.108 e. The van der Waals surface area contributed by atoms with Gasteiger partial charge in [0.1, 0.15) is 5.78 Å². The molecule has 0 unspecified atom stereocenters. The smallest absolute Gasteiger partial charge is 0.108 e. The summed E-state index contributed by atoms with van der Waals surface area (Å²) >= 11 is 0. The van der Waals surface area contributed by atoms with Crippen LogP contribution >= 0.6 is 0 Å². The van der Waals surface area contributed by atoms with Crippen LogP contribution in [-0.2, 0) is 32.7 Å². The molecular weight excluding hydrogens is 249 g/mol. The van der Waals surface area contributed by atoms with Crippen LogP contribution in [0.4, 0.5) is 0 Å². The average molecular weight is 265 g/mol. The van der Waals surface area contributed by atoms with Gasteiger partial charge in [0.25, 0.3) is 0 Å². The quantitative estimate of drug-likeness (QED) is 0.603. The summed E-state index contributed by atoms with van der Waals surface area (Å²) < 4.78 is 0. The van der Waals surface area contributed by atoms with E-state index in [0.717, 1.165) is 18.4 Å². The van der Waals surface area contributed by atoms with Crippen molar-refractivity contribution in [2.45, 2.75) is 26.2 Å². The van der Waals surface area contributed by atoms with Gasteiger partial charge in [0, 0.05) is 32.7 Å². The number of carbonyl (C=O) groups excluding carboxylic acids is 1. The number of benzene rings is 1. The molecule has 0 spiro atoms. The standard InChI is InChI=1S/C11H13O.CH3.Y/c1-2-3-9-11(12)10-7-5-4-6-8-10;;/h4-5,7-8H,2-3,9H2,1H3;1H3;/q2*-1;. The number of hydrogen-bond donors (Lipinski definition) is 0. The summed E-state index contributed by atoms with van der Waals surface area (Å²) in [5, 5.41) is 0. The Kier molecular flexibility index (Phi) is 11.2. The maximum absolute atomic E-state index is 11.4. The number of hydrogen-bond acceptors (Lipinski definition) is 1. The minimum atomic E-state index is 0. The molecule has 1 radical (unpaired) electrons. The van der Waals surface area contributed by atoms with Gasteiger partial charge in [0.15, 0.2) is 0 Å². The third-order valence-corrected chi connectivity index (χ3v) is 1.79. The third-order valence-electron chi connectivity index (χ3n) is 1.79. The molecule has 0 saturated heterocycles. The predicted octanol–water partition coefficient (Wildman–Crippen LogP) is 3.31. The molecule has 0 bridgehead atoms. The first-order valence-electron chi connectivity index (χ1n) is 4.34. The molecule has 1 nitrogen and oxygen atoms in total. The second-order valence-corrected chi connectivity index (χ2v) is 2.82. The van der Waals surface area contributed by atoms with Crippen LogP contribution in [0.2, 0.25) is 0 Å². The van der Waals surface area contributed by atoms with Crippen molar-refractivity contribution >= 4 is 5.78 Å². The zero-order chi connectivity index (χ0) is 8.81. The number of Topliss-reactive ketones (excluding diaryl/α,β-unsaturated/α-hetero) is 1. The molecule has 1 aromatic carbocycles. The molecule has 1 rings (SSSR count). The molecule has 0 aliphatic carbocycles. The zero-order valence-corrected chi connectivity index (χ0v) is 11.8. The van der Waals surface area contributed by atoms with Gasteiger partial charge in [-0.1, -0.05) is 18.9 Å². The van der Waals surface area contributed by atoms with Gasteiger partial charge in [-0.25, -0.2) is 0 Å². The molecule has 0 heterocycles. The van der Waals surface area contributed by atoms with Crippen LogP contribution in [0.1, 0.15) is 36.5 Å². The van der Waals surface area contributed by atoms with Crippen LogP contribution in [0.15, 0.2) is 24.3 Å². The van der Waals surface area contributed by atoms with Crippen molar-refractivity contribution in [3.8, 4) is 0 Å². The maximum atomic E-state index is 11.4.